The molecule has 0 unspecified atom stereocenters. The highest BCUT2D eigenvalue weighted by Crippen LogP contribution is 2.24. The van der Waals surface area contributed by atoms with Crippen molar-refractivity contribution in [1.82, 2.24) is 4.72 Å². The fourth-order valence-corrected chi connectivity index (χ4v) is 2.85. The molecule has 1 aromatic carbocycles. The Hall–Kier alpha value is -1.62. The Morgan fingerprint density at radius 1 is 1.56 bits per heavy atom. The van der Waals surface area contributed by atoms with Crippen molar-refractivity contribution in [2.45, 2.75) is 11.8 Å². The molecule has 1 aromatic rings. The smallest absolute Gasteiger partial charge is 0.336 e. The summed E-state index contributed by atoms with van der Waals surface area (Å²) in [7, 11) is -3.95. The number of halogens is 1. The first kappa shape index (κ1) is 14.4. The summed E-state index contributed by atoms with van der Waals surface area (Å²) in [5, 5.41) is 17.3. The van der Waals surface area contributed by atoms with Crippen molar-refractivity contribution in [2.24, 2.45) is 0 Å². The van der Waals surface area contributed by atoms with E-state index in [0.29, 0.717) is 0 Å². The molecule has 18 heavy (non-hydrogen) atoms. The molecular weight excluding hydrogens is 280 g/mol. The van der Waals surface area contributed by atoms with Crippen LogP contribution in [-0.2, 0) is 10.0 Å². The standard InChI is InChI=1S/C10H9ClN2O4S/c1-6-8(10(14)15)4-7(11)5-9(6)18(16,17)13-3-2-12/h4-5,13H,3H2,1H3,(H,14,15). The largest absolute Gasteiger partial charge is 0.478 e. The fraction of sp³-hybridized carbons (Fsp3) is 0.200. The maximum absolute atomic E-state index is 11.8. The predicted octanol–water partition coefficient (Wildman–Crippen LogP) is 1.15. The molecule has 0 bridgehead atoms. The van der Waals surface area contributed by atoms with Gasteiger partial charge in [-0.25, -0.2) is 13.2 Å². The summed E-state index contributed by atoms with van der Waals surface area (Å²) in [6.45, 7) is 0.956. The van der Waals surface area contributed by atoms with Gasteiger partial charge >= 0.3 is 5.97 Å². The number of aromatic carboxylic acids is 1. The average molecular weight is 289 g/mol. The van der Waals surface area contributed by atoms with Crippen molar-refractivity contribution in [3.8, 4) is 6.07 Å². The lowest BCUT2D eigenvalue weighted by Gasteiger charge is -2.10. The summed E-state index contributed by atoms with van der Waals surface area (Å²) in [6.07, 6.45) is 0. The number of carbonyl (C=O) groups is 1. The minimum atomic E-state index is -3.95. The van der Waals surface area contributed by atoms with E-state index in [4.69, 9.17) is 22.0 Å². The first-order chi connectivity index (χ1) is 8.29. The summed E-state index contributed by atoms with van der Waals surface area (Å²) in [4.78, 5) is 10.7. The van der Waals surface area contributed by atoms with Crippen molar-refractivity contribution in [3.63, 3.8) is 0 Å². The Kier molecular flexibility index (Phi) is 4.29. The van der Waals surface area contributed by atoms with Gasteiger partial charge in [-0.1, -0.05) is 11.6 Å². The molecule has 0 atom stereocenters. The summed E-state index contributed by atoms with van der Waals surface area (Å²) in [5.41, 5.74) is -0.128. The molecule has 2 N–H and O–H groups in total. The van der Waals surface area contributed by atoms with E-state index in [0.717, 1.165) is 6.07 Å². The summed E-state index contributed by atoms with van der Waals surface area (Å²) in [6, 6.07) is 3.94. The van der Waals surface area contributed by atoms with Crippen LogP contribution in [0.25, 0.3) is 0 Å². The number of rotatable bonds is 4. The monoisotopic (exact) mass is 288 g/mol. The number of carboxylic acid groups (broad SMARTS) is 1. The molecule has 96 valence electrons. The molecule has 0 amide bonds. The molecule has 0 saturated heterocycles. The minimum absolute atomic E-state index is 0.00432. The van der Waals surface area contributed by atoms with Crippen LogP contribution in [0.15, 0.2) is 17.0 Å². The van der Waals surface area contributed by atoms with Crippen LogP contribution in [0.1, 0.15) is 15.9 Å². The van der Waals surface area contributed by atoms with Crippen LogP contribution in [0, 0.1) is 18.3 Å². The molecule has 1 rings (SSSR count). The van der Waals surface area contributed by atoms with E-state index in [1.165, 1.54) is 13.0 Å². The Balaban J connectivity index is 3.43. The zero-order valence-electron chi connectivity index (χ0n) is 9.27. The Morgan fingerprint density at radius 3 is 2.67 bits per heavy atom. The molecule has 0 spiro atoms. The number of benzene rings is 1. The topological polar surface area (TPSA) is 107 Å². The molecular formula is C10H9ClN2O4S. The summed E-state index contributed by atoms with van der Waals surface area (Å²) < 4.78 is 25.7. The third kappa shape index (κ3) is 2.98. The Labute approximate surface area is 109 Å². The summed E-state index contributed by atoms with van der Waals surface area (Å²) >= 11 is 5.69. The van der Waals surface area contributed by atoms with Crippen molar-refractivity contribution >= 4 is 27.6 Å². The van der Waals surface area contributed by atoms with Crippen LogP contribution in [-0.4, -0.2) is 26.0 Å². The zero-order chi connectivity index (χ0) is 13.9. The highest BCUT2D eigenvalue weighted by molar-refractivity contribution is 7.89. The van der Waals surface area contributed by atoms with Crippen LogP contribution >= 0.6 is 11.6 Å². The number of hydrogen-bond donors (Lipinski definition) is 2. The van der Waals surface area contributed by atoms with E-state index in [2.05, 4.69) is 0 Å². The minimum Gasteiger partial charge on any atom is -0.478 e. The van der Waals surface area contributed by atoms with Gasteiger partial charge in [-0.3, -0.25) is 0 Å². The van der Waals surface area contributed by atoms with E-state index in [-0.39, 0.29) is 21.0 Å². The van der Waals surface area contributed by atoms with Gasteiger partial charge in [0.2, 0.25) is 10.0 Å². The molecule has 0 aliphatic rings. The Morgan fingerprint density at radius 2 is 2.17 bits per heavy atom. The first-order valence-electron chi connectivity index (χ1n) is 4.69. The SMILES string of the molecule is Cc1c(C(=O)O)cc(Cl)cc1S(=O)(=O)NCC#N. The zero-order valence-corrected chi connectivity index (χ0v) is 10.8. The number of nitriles is 1. The highest BCUT2D eigenvalue weighted by atomic mass is 35.5. The number of nitrogens with one attached hydrogen (secondary N) is 1. The Bertz CT molecular complexity index is 634. The molecule has 8 heteroatoms. The molecule has 0 fully saturated rings. The van der Waals surface area contributed by atoms with E-state index >= 15 is 0 Å². The number of nitrogens with zero attached hydrogens (tertiary/aromatic N) is 1. The second-order valence-corrected chi connectivity index (χ2v) is 5.54. The van der Waals surface area contributed by atoms with E-state index < -0.39 is 22.5 Å². The molecule has 0 saturated carbocycles. The van der Waals surface area contributed by atoms with Gasteiger partial charge in [0.05, 0.1) is 23.1 Å². The maximum atomic E-state index is 11.8. The molecule has 0 aromatic heterocycles. The lowest BCUT2D eigenvalue weighted by Crippen LogP contribution is -2.25. The maximum Gasteiger partial charge on any atom is 0.336 e. The molecule has 0 aliphatic carbocycles. The van der Waals surface area contributed by atoms with Crippen LogP contribution in [0.2, 0.25) is 5.02 Å². The summed E-state index contributed by atoms with van der Waals surface area (Å²) in [5.74, 6) is -1.27. The van der Waals surface area contributed by atoms with Gasteiger partial charge in [-0.05, 0) is 24.6 Å². The van der Waals surface area contributed by atoms with E-state index in [1.54, 1.807) is 6.07 Å². The third-order valence-corrected chi connectivity index (χ3v) is 3.93. The van der Waals surface area contributed by atoms with Crippen molar-refractivity contribution in [3.05, 3.63) is 28.3 Å². The van der Waals surface area contributed by atoms with Crippen LogP contribution in [0.5, 0.6) is 0 Å². The van der Waals surface area contributed by atoms with Gasteiger partial charge in [0.25, 0.3) is 0 Å². The van der Waals surface area contributed by atoms with Crippen molar-refractivity contribution < 1.29 is 18.3 Å². The normalized spacial score (nSPS) is 10.9. The van der Waals surface area contributed by atoms with Gasteiger partial charge in [0, 0.05) is 5.02 Å². The predicted molar refractivity (Wildman–Crippen MR) is 63.9 cm³/mol. The number of hydrogen-bond acceptors (Lipinski definition) is 4. The van der Waals surface area contributed by atoms with Crippen LogP contribution in [0.3, 0.4) is 0 Å². The number of carboxylic acids is 1. The lowest BCUT2D eigenvalue weighted by atomic mass is 10.1. The molecule has 0 aliphatic heterocycles. The fourth-order valence-electron chi connectivity index (χ4n) is 1.36. The van der Waals surface area contributed by atoms with Crippen molar-refractivity contribution in [2.75, 3.05) is 6.54 Å². The van der Waals surface area contributed by atoms with Gasteiger partial charge in [-0.2, -0.15) is 9.98 Å². The lowest BCUT2D eigenvalue weighted by molar-refractivity contribution is 0.0696. The quantitative estimate of drug-likeness (QED) is 0.808. The van der Waals surface area contributed by atoms with E-state index in [9.17, 15) is 13.2 Å². The number of sulfonamides is 1. The molecule has 0 radical (unpaired) electrons. The first-order valence-corrected chi connectivity index (χ1v) is 6.55. The average Bonchev–Trinajstić information content (AvgIpc) is 2.28. The van der Waals surface area contributed by atoms with Crippen LogP contribution in [0.4, 0.5) is 0 Å². The van der Waals surface area contributed by atoms with Gasteiger partial charge in [0.1, 0.15) is 0 Å². The van der Waals surface area contributed by atoms with Gasteiger partial charge < -0.3 is 5.11 Å². The second kappa shape index (κ2) is 5.35. The van der Waals surface area contributed by atoms with Gasteiger partial charge in [-0.15, -0.1) is 0 Å². The third-order valence-electron chi connectivity index (χ3n) is 2.19. The molecule has 6 nitrogen and oxygen atoms in total. The van der Waals surface area contributed by atoms with Crippen LogP contribution < -0.4 is 4.72 Å². The van der Waals surface area contributed by atoms with E-state index in [1.807, 2.05) is 4.72 Å². The highest BCUT2D eigenvalue weighted by Gasteiger charge is 2.21. The van der Waals surface area contributed by atoms with Crippen molar-refractivity contribution in [1.29, 1.82) is 5.26 Å². The molecule has 0 heterocycles. The second-order valence-electron chi connectivity index (χ2n) is 3.36. The van der Waals surface area contributed by atoms with Gasteiger partial charge in [0.15, 0.2) is 0 Å².